The largest absolute Gasteiger partial charge is 0.481 e. The van der Waals surface area contributed by atoms with Crippen molar-refractivity contribution in [1.29, 1.82) is 0 Å². The minimum atomic E-state index is -2.30. The highest BCUT2D eigenvalue weighted by Gasteiger charge is 2.59. The fraction of sp³-hybridized carbons (Fsp3) is 0.977. The Morgan fingerprint density at radius 1 is 0.228 bits per heavy atom. The highest BCUT2D eigenvalue weighted by molar-refractivity contribution is 5.67. The molecule has 36 nitrogen and oxygen atoms in total. The summed E-state index contributed by atoms with van der Waals surface area (Å²) in [6.07, 6.45) is -73.0. The minimum Gasteiger partial charge on any atom is -0.481 e. The van der Waals surface area contributed by atoms with Crippen LogP contribution in [0.25, 0.3) is 0 Å². The summed E-state index contributed by atoms with van der Waals surface area (Å²) in [6.45, 7) is -6.44. The molecule has 0 aromatic heterocycles. The van der Waals surface area contributed by atoms with Crippen LogP contribution in [-0.2, 0) is 71.1 Å². The van der Waals surface area contributed by atoms with E-state index in [1.807, 2.05) is 0 Å². The molecule has 0 spiro atoms. The third-order valence-corrected chi connectivity index (χ3v) is 15.0. The van der Waals surface area contributed by atoms with Gasteiger partial charge in [0.1, 0.15) is 171 Å². The van der Waals surface area contributed by atoms with Gasteiger partial charge in [-0.1, -0.05) is 0 Å². The average molecular weight is 1160 g/mol. The molecule has 14 bridgehead atoms. The van der Waals surface area contributed by atoms with Gasteiger partial charge < -0.3 is 174 Å². The molecule has 21 heterocycles. The van der Waals surface area contributed by atoms with Crippen LogP contribution in [0.15, 0.2) is 0 Å². The predicted octanol–water partition coefficient (Wildman–Crippen LogP) is -14.7. The first-order chi connectivity index (χ1) is 37.5. The van der Waals surface area contributed by atoms with E-state index in [0.29, 0.717) is 0 Å². The lowest BCUT2D eigenvalue weighted by Gasteiger charge is -2.50. The summed E-state index contributed by atoms with van der Waals surface area (Å²) in [6, 6.07) is 0. The first-order valence-corrected chi connectivity index (χ1v) is 25.1. The summed E-state index contributed by atoms with van der Waals surface area (Å²) >= 11 is 0. The fourth-order valence-electron chi connectivity index (χ4n) is 10.6. The van der Waals surface area contributed by atoms with Gasteiger partial charge in [0.25, 0.3) is 0 Å². The summed E-state index contributed by atoms with van der Waals surface area (Å²) in [5.74, 6) is -1.62. The molecule has 35 atom stereocenters. The molecule has 0 unspecified atom stereocenters. The van der Waals surface area contributed by atoms with Gasteiger partial charge in [-0.2, -0.15) is 0 Å². The number of aliphatic hydroxyl groups excluding tert-OH is 20. The van der Waals surface area contributed by atoms with Crippen LogP contribution in [0, 0.1) is 0 Å². The van der Waals surface area contributed by atoms with Gasteiger partial charge in [0.05, 0.1) is 46.1 Å². The van der Waals surface area contributed by atoms with Crippen LogP contribution in [-0.4, -0.2) is 368 Å². The smallest absolute Gasteiger partial charge is 0.306 e. The maximum absolute atomic E-state index is 12.1. The van der Waals surface area contributed by atoms with E-state index in [1.165, 1.54) is 0 Å². The second kappa shape index (κ2) is 26.6. The summed E-state index contributed by atoms with van der Waals surface area (Å²) in [4.78, 5) is 12.1. The molecule has 21 aliphatic heterocycles. The summed E-state index contributed by atoms with van der Waals surface area (Å²) in [7, 11) is 0. The Hall–Kier alpha value is -1.89. The van der Waals surface area contributed by atoms with Crippen LogP contribution in [0.1, 0.15) is 6.42 Å². The van der Waals surface area contributed by atoms with Crippen molar-refractivity contribution in [2.75, 3.05) is 39.6 Å². The molecule has 21 aliphatic rings. The number of hydrogen-bond donors (Lipinski definition) is 21. The maximum Gasteiger partial charge on any atom is 0.306 e. The van der Waals surface area contributed by atoms with E-state index in [1.54, 1.807) is 0 Å². The van der Waals surface area contributed by atoms with E-state index < -0.39 is 267 Å². The number of carboxylic acid groups (broad SMARTS) is 1. The van der Waals surface area contributed by atoms with Gasteiger partial charge in [0, 0.05) is 0 Å². The van der Waals surface area contributed by atoms with Crippen molar-refractivity contribution >= 4 is 5.97 Å². The van der Waals surface area contributed by atoms with Gasteiger partial charge in [-0.3, -0.25) is 4.79 Å². The molecular formula is C43H70O36. The van der Waals surface area contributed by atoms with Crippen molar-refractivity contribution in [3.8, 4) is 0 Å². The Balaban J connectivity index is 1.09. The maximum atomic E-state index is 12.1. The van der Waals surface area contributed by atoms with Crippen molar-refractivity contribution in [3.05, 3.63) is 0 Å². The molecule has 0 aromatic rings. The first-order valence-electron chi connectivity index (χ1n) is 25.1. The molecule has 458 valence electrons. The molecule has 21 fully saturated rings. The number of aliphatic hydroxyl groups is 20. The second-order valence-electron chi connectivity index (χ2n) is 20.1. The van der Waals surface area contributed by atoms with Crippen molar-refractivity contribution in [2.24, 2.45) is 0 Å². The normalized spacial score (nSPS) is 54.2. The zero-order chi connectivity index (χ0) is 57.6. The van der Waals surface area contributed by atoms with E-state index >= 15 is 0 Å². The van der Waals surface area contributed by atoms with Crippen LogP contribution < -0.4 is 0 Å². The fourth-order valence-corrected chi connectivity index (χ4v) is 10.6. The highest BCUT2D eigenvalue weighted by Crippen LogP contribution is 2.39. The quantitative estimate of drug-likeness (QED) is 0.107. The number of carboxylic acids is 1. The number of aliphatic carboxylic acids is 1. The van der Waals surface area contributed by atoms with Gasteiger partial charge in [-0.15, -0.1) is 0 Å². The lowest BCUT2D eigenvalue weighted by Crippen LogP contribution is -2.68. The second-order valence-corrected chi connectivity index (χ2v) is 20.1. The van der Waals surface area contributed by atoms with E-state index in [9.17, 15) is 112 Å². The van der Waals surface area contributed by atoms with Crippen LogP contribution in [0.4, 0.5) is 0 Å². The third-order valence-electron chi connectivity index (χ3n) is 15.0. The van der Waals surface area contributed by atoms with Gasteiger partial charge in [0.15, 0.2) is 44.0 Å². The van der Waals surface area contributed by atoms with E-state index in [2.05, 4.69) is 0 Å². The summed E-state index contributed by atoms with van der Waals surface area (Å²) in [5.41, 5.74) is 0. The number of ether oxygens (including phenoxy) is 14. The van der Waals surface area contributed by atoms with Gasteiger partial charge in [0.2, 0.25) is 0 Å². The Morgan fingerprint density at radius 2 is 0.367 bits per heavy atom. The molecule has 0 aromatic carbocycles. The number of carbonyl (C=O) groups is 1. The monoisotopic (exact) mass is 1160 g/mol. The molecule has 21 rings (SSSR count). The number of hydrogen-bond acceptors (Lipinski definition) is 35. The van der Waals surface area contributed by atoms with Gasteiger partial charge >= 0.3 is 5.97 Å². The topological polar surface area (TPSA) is 571 Å². The SMILES string of the molecule is O=C(O)C[C@H]1O[C@@H]2O[C@H]3[C@H](O)[C@H](O)[C@@H](O[C@H]4[C@@H](O)[C@H](O)[C@@H](O[C@H]5[C@H](O)[C@@H](O)[C@@H](O[C@H]6[C@H](O)[C@@H](O)[C@@H](O[C@H]7[C@H](O)[C@@H](O)[C@@H](O[C@H]8[C@H](O)[C@@H](O)[C@@H](O[C@H]1[C@H](O)[C@H]2O)O[C@H]8CO)O[C@H]7CO)O[C@H]6CO)O[C@@H]5CO)O[C@@H]4CO)O[C@@H]3CO. The molecule has 36 heteroatoms. The lowest BCUT2D eigenvalue weighted by atomic mass is 9.94. The van der Waals surface area contributed by atoms with E-state index in [-0.39, 0.29) is 0 Å². The zero-order valence-corrected chi connectivity index (χ0v) is 41.2. The molecule has 0 radical (unpaired) electrons. The van der Waals surface area contributed by atoms with Gasteiger partial charge in [-0.05, 0) is 0 Å². The van der Waals surface area contributed by atoms with Crippen molar-refractivity contribution in [1.82, 2.24) is 0 Å². The molecule has 0 saturated carbocycles. The highest BCUT2D eigenvalue weighted by atomic mass is 16.8. The Morgan fingerprint density at radius 3 is 0.506 bits per heavy atom. The summed E-state index contributed by atoms with van der Waals surface area (Å²) < 4.78 is 79.4. The third kappa shape index (κ3) is 12.6. The Labute approximate surface area is 444 Å². The van der Waals surface area contributed by atoms with E-state index in [0.717, 1.165) is 0 Å². The van der Waals surface area contributed by atoms with E-state index in [4.69, 9.17) is 66.3 Å². The van der Waals surface area contributed by atoms with Crippen molar-refractivity contribution in [3.63, 3.8) is 0 Å². The molecule has 0 amide bonds. The molecule has 21 N–H and O–H groups in total. The standard InChI is InChI=1S/C43H70O36/c44-2-9-31-18(54)25(61)39(68-9)76-33-11(4-46)70-41(27(63)20(33)56)78-35-13(6-48)72-43(29(65)22(35)58)79-36-14(7-49)71-42(28(64)21(36)57)77-34-12(5-47)69-40(26(62)19(34)55)75-32-10(3-45)67-38(24(60)17(32)53)73-30-8(1-15(50)51)66-37(74-31)23(59)16(30)52/h8-14,16-49,52-65H,1-7H2,(H,50,51)/t8-,9-,10+,11-,12+,13-,14+,16-,17-,18-,19-,20+,21-,22-,23-,24-,25+,26-,27+,28-,29-,30-,31-,32-,33-,34-,35-,36-,37-,38-,39-,40-,41-,42-,43-/m1/s1. The van der Waals surface area contributed by atoms with Crippen molar-refractivity contribution in [2.45, 2.75) is 221 Å². The zero-order valence-electron chi connectivity index (χ0n) is 41.2. The molecule has 0 aliphatic carbocycles. The minimum absolute atomic E-state index is 1.06. The molecule has 79 heavy (non-hydrogen) atoms. The summed E-state index contributed by atoms with van der Waals surface area (Å²) in [5, 5.41) is 230. The van der Waals surface area contributed by atoms with Crippen LogP contribution in [0.2, 0.25) is 0 Å². The first kappa shape index (κ1) is 63.1. The van der Waals surface area contributed by atoms with Crippen molar-refractivity contribution < 1.29 is 178 Å². The van der Waals surface area contributed by atoms with Crippen LogP contribution in [0.5, 0.6) is 0 Å². The average Bonchev–Trinajstić information content (AvgIpc) is 3.47. The number of rotatable bonds is 8. The lowest BCUT2D eigenvalue weighted by molar-refractivity contribution is -0.396. The van der Waals surface area contributed by atoms with Crippen LogP contribution in [0.3, 0.4) is 0 Å². The predicted molar refractivity (Wildman–Crippen MR) is 234 cm³/mol. The Kier molecular flexibility index (Phi) is 21.2. The Bertz CT molecular complexity index is 1920. The molecule has 21 saturated heterocycles. The van der Waals surface area contributed by atoms with Crippen LogP contribution >= 0.6 is 0 Å². The van der Waals surface area contributed by atoms with Gasteiger partial charge in [-0.25, -0.2) is 0 Å². The molecular weight excluding hydrogens is 1090 g/mol.